The van der Waals surface area contributed by atoms with E-state index in [1.165, 1.54) is 51.3 Å². The summed E-state index contributed by atoms with van der Waals surface area (Å²) >= 11 is 0. The maximum Gasteiger partial charge on any atom is 0.275 e. The average Bonchev–Trinajstić information content (AvgIpc) is 2.53. The van der Waals surface area contributed by atoms with Crippen LogP contribution in [-0.2, 0) is 0 Å². The van der Waals surface area contributed by atoms with Crippen LogP contribution in [0.15, 0.2) is 18.2 Å². The molecule has 0 spiro atoms. The Hall–Kier alpha value is -1.82. The second kappa shape index (κ2) is 7.26. The Labute approximate surface area is 124 Å². The van der Waals surface area contributed by atoms with Crippen LogP contribution in [0.2, 0.25) is 0 Å². The lowest BCUT2D eigenvalue weighted by Crippen LogP contribution is -2.37. The molecule has 0 amide bonds. The van der Waals surface area contributed by atoms with E-state index in [1.54, 1.807) is 6.07 Å². The minimum absolute atomic E-state index is 0.0243. The zero-order chi connectivity index (χ0) is 15.2. The van der Waals surface area contributed by atoms with Gasteiger partial charge in [0.15, 0.2) is 0 Å². The second-order valence-corrected chi connectivity index (χ2v) is 5.56. The van der Waals surface area contributed by atoms with Gasteiger partial charge in [-0.25, -0.2) is 0 Å². The van der Waals surface area contributed by atoms with Crippen molar-refractivity contribution in [2.45, 2.75) is 38.1 Å². The lowest BCUT2D eigenvalue weighted by atomic mass is 9.84. The molecule has 6 heteroatoms. The Morgan fingerprint density at radius 3 is 2.67 bits per heavy atom. The number of non-ortho nitro benzene ring substituents is 1. The molecule has 0 aromatic heterocycles. The Morgan fingerprint density at radius 1 is 1.38 bits per heavy atom. The third kappa shape index (κ3) is 4.07. The van der Waals surface area contributed by atoms with Gasteiger partial charge in [0.05, 0.1) is 18.1 Å². The number of hydrogen-bond acceptors (Lipinski definition) is 5. The first-order chi connectivity index (χ1) is 10.1. The molecule has 1 saturated carbocycles. The fraction of sp³-hybridized carbons (Fsp3) is 0.600. The normalized spacial score (nSPS) is 17.2. The molecule has 21 heavy (non-hydrogen) atoms. The summed E-state index contributed by atoms with van der Waals surface area (Å²) in [5.74, 6) is 1.01. The van der Waals surface area contributed by atoms with Gasteiger partial charge in [0.2, 0.25) is 0 Å². The number of nitrogens with two attached hydrogens (primary N) is 1. The van der Waals surface area contributed by atoms with Crippen LogP contribution in [0, 0.1) is 16.0 Å². The monoisotopic (exact) mass is 293 g/mol. The van der Waals surface area contributed by atoms with E-state index < -0.39 is 4.92 Å². The van der Waals surface area contributed by atoms with Crippen LogP contribution in [0.4, 0.5) is 11.4 Å². The molecule has 0 bridgehead atoms. The molecule has 0 saturated heterocycles. The summed E-state index contributed by atoms with van der Waals surface area (Å²) < 4.78 is 5.13. The first-order valence-corrected chi connectivity index (χ1v) is 7.44. The molecular formula is C15H23N3O3. The summed E-state index contributed by atoms with van der Waals surface area (Å²) in [6.07, 6.45) is 6.10. The average molecular weight is 293 g/mol. The summed E-state index contributed by atoms with van der Waals surface area (Å²) in [6.45, 7) is 0.523. The Balaban J connectivity index is 2.15. The Kier molecular flexibility index (Phi) is 5.38. The van der Waals surface area contributed by atoms with Crippen LogP contribution in [0.25, 0.3) is 0 Å². The molecule has 1 aliphatic carbocycles. The number of nitrogens with zero attached hydrogens (tertiary/aromatic N) is 1. The number of nitro groups is 1. The standard InChI is InChI=1S/C15H23N3O3/c1-21-14-8-12(7-13(9-14)18(19)20)17-15(10-16)11-5-3-2-4-6-11/h7-9,11,15,17H,2-6,10,16H2,1H3. The quantitative estimate of drug-likeness (QED) is 0.621. The summed E-state index contributed by atoms with van der Waals surface area (Å²) in [5.41, 5.74) is 6.61. The Bertz CT molecular complexity index is 487. The van der Waals surface area contributed by atoms with E-state index in [0.29, 0.717) is 23.9 Å². The van der Waals surface area contributed by atoms with Gasteiger partial charge in [-0.1, -0.05) is 19.3 Å². The molecular weight excluding hydrogens is 270 g/mol. The second-order valence-electron chi connectivity index (χ2n) is 5.56. The zero-order valence-electron chi connectivity index (χ0n) is 12.4. The van der Waals surface area contributed by atoms with Crippen molar-refractivity contribution in [2.75, 3.05) is 19.0 Å². The summed E-state index contributed by atoms with van der Waals surface area (Å²) in [7, 11) is 1.50. The SMILES string of the molecule is COc1cc(NC(CN)C2CCCCC2)cc([N+](=O)[O-])c1. The molecule has 1 atom stereocenters. The van der Waals surface area contributed by atoms with E-state index in [-0.39, 0.29) is 11.7 Å². The number of methoxy groups -OCH3 is 1. The number of nitrogens with one attached hydrogen (secondary N) is 1. The van der Waals surface area contributed by atoms with Gasteiger partial charge in [0.1, 0.15) is 5.75 Å². The van der Waals surface area contributed by atoms with Gasteiger partial charge in [-0.05, 0) is 18.8 Å². The van der Waals surface area contributed by atoms with Crippen molar-refractivity contribution >= 4 is 11.4 Å². The lowest BCUT2D eigenvalue weighted by Gasteiger charge is -2.30. The molecule has 3 N–H and O–H groups in total. The highest BCUT2D eigenvalue weighted by molar-refractivity contribution is 5.57. The van der Waals surface area contributed by atoms with Crippen molar-refractivity contribution in [1.29, 1.82) is 0 Å². The molecule has 1 aromatic carbocycles. The number of nitro benzene ring substituents is 1. The van der Waals surface area contributed by atoms with Crippen molar-refractivity contribution in [3.8, 4) is 5.75 Å². The highest BCUT2D eigenvalue weighted by Gasteiger charge is 2.23. The fourth-order valence-electron chi connectivity index (χ4n) is 3.01. The minimum Gasteiger partial charge on any atom is -0.496 e. The molecule has 1 aliphatic rings. The van der Waals surface area contributed by atoms with Gasteiger partial charge in [0, 0.05) is 30.4 Å². The van der Waals surface area contributed by atoms with Crippen molar-refractivity contribution < 1.29 is 9.66 Å². The largest absolute Gasteiger partial charge is 0.496 e. The van der Waals surface area contributed by atoms with Crippen molar-refractivity contribution in [1.82, 2.24) is 0 Å². The van der Waals surface area contributed by atoms with E-state index in [4.69, 9.17) is 10.5 Å². The van der Waals surface area contributed by atoms with E-state index in [9.17, 15) is 10.1 Å². The zero-order valence-corrected chi connectivity index (χ0v) is 12.4. The van der Waals surface area contributed by atoms with Crippen molar-refractivity contribution in [3.63, 3.8) is 0 Å². The maximum atomic E-state index is 11.0. The first kappa shape index (κ1) is 15.6. The minimum atomic E-state index is -0.411. The number of benzene rings is 1. The van der Waals surface area contributed by atoms with Crippen LogP contribution in [0.3, 0.4) is 0 Å². The maximum absolute atomic E-state index is 11.0. The van der Waals surface area contributed by atoms with Crippen LogP contribution in [0.1, 0.15) is 32.1 Å². The van der Waals surface area contributed by atoms with E-state index in [0.717, 1.165) is 0 Å². The van der Waals surface area contributed by atoms with E-state index in [1.807, 2.05) is 0 Å². The van der Waals surface area contributed by atoms with Crippen LogP contribution in [0.5, 0.6) is 5.75 Å². The predicted molar refractivity (Wildman–Crippen MR) is 82.7 cm³/mol. The van der Waals surface area contributed by atoms with E-state index in [2.05, 4.69) is 5.32 Å². The molecule has 1 unspecified atom stereocenters. The molecule has 6 nitrogen and oxygen atoms in total. The van der Waals surface area contributed by atoms with Gasteiger partial charge >= 0.3 is 0 Å². The predicted octanol–water partition coefficient (Wildman–Crippen LogP) is 2.92. The lowest BCUT2D eigenvalue weighted by molar-refractivity contribution is -0.384. The number of anilines is 1. The summed E-state index contributed by atoms with van der Waals surface area (Å²) in [4.78, 5) is 10.6. The molecule has 2 rings (SSSR count). The molecule has 0 radical (unpaired) electrons. The van der Waals surface area contributed by atoms with Crippen molar-refractivity contribution in [2.24, 2.45) is 11.7 Å². The number of ether oxygens (including phenoxy) is 1. The molecule has 1 fully saturated rings. The van der Waals surface area contributed by atoms with Gasteiger partial charge in [-0.2, -0.15) is 0 Å². The molecule has 1 aromatic rings. The van der Waals surface area contributed by atoms with E-state index >= 15 is 0 Å². The highest BCUT2D eigenvalue weighted by atomic mass is 16.6. The molecule has 116 valence electrons. The van der Waals surface area contributed by atoms with Gasteiger partial charge in [-0.3, -0.25) is 10.1 Å². The molecule has 0 heterocycles. The topological polar surface area (TPSA) is 90.4 Å². The van der Waals surface area contributed by atoms with Crippen LogP contribution in [-0.4, -0.2) is 24.6 Å². The van der Waals surface area contributed by atoms with Crippen LogP contribution >= 0.6 is 0 Å². The third-order valence-electron chi connectivity index (χ3n) is 4.16. The fourth-order valence-corrected chi connectivity index (χ4v) is 3.01. The smallest absolute Gasteiger partial charge is 0.275 e. The number of rotatable bonds is 6. The van der Waals surface area contributed by atoms with Crippen molar-refractivity contribution in [3.05, 3.63) is 28.3 Å². The Morgan fingerprint density at radius 2 is 2.10 bits per heavy atom. The summed E-state index contributed by atoms with van der Waals surface area (Å²) in [5, 5.41) is 14.3. The first-order valence-electron chi connectivity index (χ1n) is 7.44. The van der Waals surface area contributed by atoms with Gasteiger partial charge in [0.25, 0.3) is 5.69 Å². The number of hydrogen-bond donors (Lipinski definition) is 2. The molecule has 0 aliphatic heterocycles. The van der Waals surface area contributed by atoms with Crippen LogP contribution < -0.4 is 15.8 Å². The summed E-state index contributed by atoms with van der Waals surface area (Å²) in [6, 6.07) is 4.88. The van der Waals surface area contributed by atoms with Gasteiger partial charge < -0.3 is 15.8 Å². The third-order valence-corrected chi connectivity index (χ3v) is 4.16. The van der Waals surface area contributed by atoms with Gasteiger partial charge in [-0.15, -0.1) is 0 Å². The highest BCUT2D eigenvalue weighted by Crippen LogP contribution is 2.30.